The maximum absolute atomic E-state index is 11.9. The van der Waals surface area contributed by atoms with Gasteiger partial charge >= 0.3 is 0 Å². The van der Waals surface area contributed by atoms with E-state index in [9.17, 15) is 4.79 Å². The number of nitrogens with zero attached hydrogens (tertiary/aromatic N) is 5. The van der Waals surface area contributed by atoms with E-state index < -0.39 is 0 Å². The summed E-state index contributed by atoms with van der Waals surface area (Å²) in [6.07, 6.45) is 10.1. The van der Waals surface area contributed by atoms with E-state index in [1.54, 1.807) is 12.5 Å². The highest BCUT2D eigenvalue weighted by molar-refractivity contribution is 5.76. The lowest BCUT2D eigenvalue weighted by Gasteiger charge is -2.20. The second-order valence-corrected chi connectivity index (χ2v) is 5.31. The molecule has 1 N–H and O–H groups in total. The highest BCUT2D eigenvalue weighted by atomic mass is 16.2. The van der Waals surface area contributed by atoms with Crippen LogP contribution in [0.15, 0.2) is 18.7 Å². The minimum absolute atomic E-state index is 0.296. The normalized spacial score (nSPS) is 16.2. The summed E-state index contributed by atoms with van der Waals surface area (Å²) in [5.41, 5.74) is 0.725. The van der Waals surface area contributed by atoms with Crippen molar-refractivity contribution in [3.8, 4) is 0 Å². The van der Waals surface area contributed by atoms with Crippen LogP contribution in [-0.2, 0) is 4.79 Å². The molecule has 0 aliphatic carbocycles. The van der Waals surface area contributed by atoms with E-state index in [1.807, 2.05) is 15.5 Å². The van der Waals surface area contributed by atoms with Crippen LogP contribution in [0, 0.1) is 0 Å². The van der Waals surface area contributed by atoms with E-state index in [4.69, 9.17) is 0 Å². The van der Waals surface area contributed by atoms with Gasteiger partial charge in [-0.15, -0.1) is 10.2 Å². The predicted octanol–water partition coefficient (Wildman–Crippen LogP) is 1.33. The average Bonchev–Trinajstić information content (AvgIpc) is 2.89. The lowest BCUT2D eigenvalue weighted by molar-refractivity contribution is -0.130. The van der Waals surface area contributed by atoms with E-state index in [0.717, 1.165) is 50.4 Å². The van der Waals surface area contributed by atoms with Crippen molar-refractivity contribution in [3.63, 3.8) is 0 Å². The number of likely N-dealkylation sites (tertiary alicyclic amines) is 1. The molecule has 112 valence electrons. The van der Waals surface area contributed by atoms with Crippen LogP contribution >= 0.6 is 0 Å². The molecule has 0 unspecified atom stereocenters. The number of nitrogens with one attached hydrogen (secondary N) is 1. The minimum atomic E-state index is 0.296. The van der Waals surface area contributed by atoms with Gasteiger partial charge in [0.2, 0.25) is 11.6 Å². The minimum Gasteiger partial charge on any atom is -0.367 e. The number of hydrogen-bond donors (Lipinski definition) is 1. The highest BCUT2D eigenvalue weighted by Crippen LogP contribution is 2.12. The third kappa shape index (κ3) is 3.29. The van der Waals surface area contributed by atoms with Gasteiger partial charge in [-0.3, -0.25) is 9.20 Å². The first kappa shape index (κ1) is 13.8. The summed E-state index contributed by atoms with van der Waals surface area (Å²) in [7, 11) is 0. The molecule has 1 saturated heterocycles. The number of carbonyl (C=O) groups excluding carboxylic acids is 1. The van der Waals surface area contributed by atoms with Gasteiger partial charge in [-0.2, -0.15) is 0 Å². The molecule has 1 aliphatic heterocycles. The predicted molar refractivity (Wildman–Crippen MR) is 78.9 cm³/mol. The molecule has 0 radical (unpaired) electrons. The Kier molecular flexibility index (Phi) is 4.28. The van der Waals surface area contributed by atoms with Crippen LogP contribution in [-0.4, -0.2) is 50.0 Å². The average molecular weight is 288 g/mol. The van der Waals surface area contributed by atoms with Crippen LogP contribution in [0.4, 0.5) is 5.82 Å². The molecule has 0 spiro atoms. The summed E-state index contributed by atoms with van der Waals surface area (Å²) in [5, 5.41) is 11.2. The Morgan fingerprint density at radius 3 is 3.19 bits per heavy atom. The van der Waals surface area contributed by atoms with Crippen molar-refractivity contribution in [1.82, 2.24) is 24.5 Å². The first-order valence-corrected chi connectivity index (χ1v) is 7.50. The fraction of sp³-hybridized carbons (Fsp3) is 0.571. The number of fused-ring (bicyclic) bond motifs is 1. The Labute approximate surface area is 123 Å². The summed E-state index contributed by atoms with van der Waals surface area (Å²) in [4.78, 5) is 18.2. The van der Waals surface area contributed by atoms with Gasteiger partial charge in [0.25, 0.3) is 0 Å². The zero-order chi connectivity index (χ0) is 14.5. The van der Waals surface area contributed by atoms with Gasteiger partial charge in [0.15, 0.2) is 5.82 Å². The molecule has 0 saturated carbocycles. The zero-order valence-electron chi connectivity index (χ0n) is 12.0. The van der Waals surface area contributed by atoms with Crippen LogP contribution in [0.25, 0.3) is 5.65 Å². The quantitative estimate of drug-likeness (QED) is 0.840. The molecule has 7 heteroatoms. The summed E-state index contributed by atoms with van der Waals surface area (Å²) < 4.78 is 1.83. The Morgan fingerprint density at radius 2 is 2.24 bits per heavy atom. The molecule has 7 nitrogen and oxygen atoms in total. The number of anilines is 1. The third-order valence-corrected chi connectivity index (χ3v) is 3.78. The molecule has 3 rings (SSSR count). The van der Waals surface area contributed by atoms with Gasteiger partial charge in [0.1, 0.15) is 6.33 Å². The van der Waals surface area contributed by atoms with Crippen molar-refractivity contribution < 1.29 is 4.79 Å². The Morgan fingerprint density at radius 1 is 1.29 bits per heavy atom. The van der Waals surface area contributed by atoms with Crippen molar-refractivity contribution in [1.29, 1.82) is 0 Å². The van der Waals surface area contributed by atoms with Crippen molar-refractivity contribution in [3.05, 3.63) is 18.7 Å². The molecule has 1 amide bonds. The van der Waals surface area contributed by atoms with Gasteiger partial charge in [0.05, 0.1) is 0 Å². The number of carbonyl (C=O) groups is 1. The molecule has 0 aromatic carbocycles. The van der Waals surface area contributed by atoms with Crippen LogP contribution in [0.3, 0.4) is 0 Å². The number of hydrogen-bond acceptors (Lipinski definition) is 5. The number of amides is 1. The van der Waals surface area contributed by atoms with Gasteiger partial charge in [0, 0.05) is 38.4 Å². The van der Waals surface area contributed by atoms with E-state index >= 15 is 0 Å². The maximum atomic E-state index is 11.9. The third-order valence-electron chi connectivity index (χ3n) is 3.78. The number of aromatic nitrogens is 4. The standard InChI is InChI=1S/C14H20N6O/c21-12-5-2-1-3-8-19(12)9-4-6-15-13-14-18-17-11-20(14)10-7-16-13/h7,10-11H,1-6,8-9H2,(H,15,16). The van der Waals surface area contributed by atoms with Gasteiger partial charge < -0.3 is 10.2 Å². The first-order valence-electron chi connectivity index (χ1n) is 7.50. The molecule has 21 heavy (non-hydrogen) atoms. The monoisotopic (exact) mass is 288 g/mol. The van der Waals surface area contributed by atoms with E-state index in [2.05, 4.69) is 20.5 Å². The molecule has 2 aromatic heterocycles. The van der Waals surface area contributed by atoms with E-state index in [-0.39, 0.29) is 0 Å². The van der Waals surface area contributed by atoms with Gasteiger partial charge in [-0.05, 0) is 19.3 Å². The summed E-state index contributed by atoms with van der Waals surface area (Å²) >= 11 is 0. The molecule has 0 bridgehead atoms. The largest absolute Gasteiger partial charge is 0.367 e. The van der Waals surface area contributed by atoms with Crippen molar-refractivity contribution >= 4 is 17.4 Å². The maximum Gasteiger partial charge on any atom is 0.222 e. The summed E-state index contributed by atoms with van der Waals surface area (Å²) in [5.74, 6) is 1.03. The SMILES string of the molecule is O=C1CCCCCN1CCCNc1nccn2cnnc12. The number of rotatable bonds is 5. The summed E-state index contributed by atoms with van der Waals surface area (Å²) in [6, 6.07) is 0. The van der Waals surface area contributed by atoms with Crippen LogP contribution in [0.1, 0.15) is 32.1 Å². The van der Waals surface area contributed by atoms with Crippen LogP contribution in [0.2, 0.25) is 0 Å². The zero-order valence-corrected chi connectivity index (χ0v) is 12.0. The lowest BCUT2D eigenvalue weighted by Crippen LogP contribution is -2.32. The van der Waals surface area contributed by atoms with E-state index in [1.165, 1.54) is 6.42 Å². The highest BCUT2D eigenvalue weighted by Gasteiger charge is 2.15. The molecule has 2 aromatic rings. The fourth-order valence-electron chi connectivity index (χ4n) is 2.64. The Hall–Kier alpha value is -2.18. The lowest BCUT2D eigenvalue weighted by atomic mass is 10.2. The Bertz CT molecular complexity index is 610. The fourth-order valence-corrected chi connectivity index (χ4v) is 2.64. The second-order valence-electron chi connectivity index (χ2n) is 5.31. The van der Waals surface area contributed by atoms with Gasteiger partial charge in [-0.25, -0.2) is 4.98 Å². The van der Waals surface area contributed by atoms with Crippen molar-refractivity contribution in [2.75, 3.05) is 25.0 Å². The topological polar surface area (TPSA) is 75.4 Å². The smallest absolute Gasteiger partial charge is 0.222 e. The van der Waals surface area contributed by atoms with Gasteiger partial charge in [-0.1, -0.05) is 6.42 Å². The van der Waals surface area contributed by atoms with Crippen molar-refractivity contribution in [2.45, 2.75) is 32.1 Å². The first-order chi connectivity index (χ1) is 10.3. The summed E-state index contributed by atoms with van der Waals surface area (Å²) in [6.45, 7) is 2.47. The molecule has 1 fully saturated rings. The van der Waals surface area contributed by atoms with Crippen LogP contribution < -0.4 is 5.32 Å². The molecule has 3 heterocycles. The van der Waals surface area contributed by atoms with Crippen LogP contribution in [0.5, 0.6) is 0 Å². The Balaban J connectivity index is 1.50. The molecule has 0 atom stereocenters. The van der Waals surface area contributed by atoms with E-state index in [0.29, 0.717) is 12.3 Å². The molecular weight excluding hydrogens is 268 g/mol. The van der Waals surface area contributed by atoms with Crippen molar-refractivity contribution in [2.24, 2.45) is 0 Å². The molecular formula is C14H20N6O. The second kappa shape index (κ2) is 6.51. The molecule has 1 aliphatic rings.